The fourth-order valence-electron chi connectivity index (χ4n) is 5.09. The molecule has 256 valence electrons. The van der Waals surface area contributed by atoms with Crippen molar-refractivity contribution in [2.24, 2.45) is 0 Å². The molecule has 0 spiro atoms. The molecule has 0 aliphatic carbocycles. The standard InChI is InChI=1S/C33H30Cl2F3N7O3S/c1-42(2)29(20-44(47)48)39-19-25-30(32(46)41-43-16-4-3-5-17-43)40-45(27-14-11-23(34)18-26(27)35)31(25)28-15-13-24(49-28)12-8-21-6-9-22(10-7-21)33(36,37)38/h6-7,9-11,13-15,18,20,39H,3-5,16-17,19H2,1-2H3,(H,41,46). The van der Waals surface area contributed by atoms with E-state index in [2.05, 4.69) is 22.6 Å². The first-order chi connectivity index (χ1) is 23.3. The van der Waals surface area contributed by atoms with Gasteiger partial charge >= 0.3 is 6.18 Å². The van der Waals surface area contributed by atoms with Gasteiger partial charge in [-0.3, -0.25) is 20.3 Å². The Kier molecular flexibility index (Phi) is 11.2. The van der Waals surface area contributed by atoms with E-state index in [0.717, 1.165) is 37.6 Å². The Balaban J connectivity index is 1.62. The minimum Gasteiger partial charge on any atom is -0.362 e. The number of hydrazine groups is 1. The summed E-state index contributed by atoms with van der Waals surface area (Å²) in [5.41, 5.74) is 4.00. The van der Waals surface area contributed by atoms with Crippen LogP contribution >= 0.6 is 34.5 Å². The monoisotopic (exact) mass is 731 g/mol. The number of amides is 1. The van der Waals surface area contributed by atoms with Gasteiger partial charge < -0.3 is 10.2 Å². The van der Waals surface area contributed by atoms with E-state index in [1.807, 2.05) is 5.01 Å². The van der Waals surface area contributed by atoms with Crippen LogP contribution in [0.1, 0.15) is 51.3 Å². The van der Waals surface area contributed by atoms with Gasteiger partial charge in [0.2, 0.25) is 0 Å². The predicted octanol–water partition coefficient (Wildman–Crippen LogP) is 7.18. The molecule has 1 aliphatic heterocycles. The Bertz CT molecular complexity index is 1940. The Labute approximate surface area is 294 Å². The Morgan fingerprint density at radius 3 is 2.43 bits per heavy atom. The minimum absolute atomic E-state index is 0.0361. The average Bonchev–Trinajstić information content (AvgIpc) is 3.67. The molecule has 49 heavy (non-hydrogen) atoms. The third-order valence-corrected chi connectivity index (χ3v) is 9.03. The van der Waals surface area contributed by atoms with Crippen molar-refractivity contribution in [2.75, 3.05) is 27.2 Å². The van der Waals surface area contributed by atoms with E-state index in [0.29, 0.717) is 50.4 Å². The first-order valence-corrected chi connectivity index (χ1v) is 16.6. The van der Waals surface area contributed by atoms with Gasteiger partial charge in [0.05, 0.1) is 36.6 Å². The number of nitro groups is 1. The van der Waals surface area contributed by atoms with Crippen LogP contribution in [0.4, 0.5) is 13.2 Å². The molecule has 0 unspecified atom stereocenters. The zero-order chi connectivity index (χ0) is 35.3. The van der Waals surface area contributed by atoms with Gasteiger partial charge in [0, 0.05) is 49.9 Å². The summed E-state index contributed by atoms with van der Waals surface area (Å²) >= 11 is 14.1. The lowest BCUT2D eigenvalue weighted by atomic mass is 10.1. The van der Waals surface area contributed by atoms with Crippen molar-refractivity contribution in [1.29, 1.82) is 0 Å². The number of nitrogens with one attached hydrogen (secondary N) is 2. The molecular weight excluding hydrogens is 702 g/mol. The third kappa shape index (κ3) is 8.93. The number of piperidine rings is 1. The Hall–Kier alpha value is -4.55. The zero-order valence-electron chi connectivity index (χ0n) is 26.3. The smallest absolute Gasteiger partial charge is 0.362 e. The number of hydrogen-bond acceptors (Lipinski definition) is 8. The Morgan fingerprint density at radius 2 is 1.80 bits per heavy atom. The summed E-state index contributed by atoms with van der Waals surface area (Å²) in [6.07, 6.45) is -0.703. The molecule has 2 N–H and O–H groups in total. The fraction of sp³-hybridized carbons (Fsp3) is 0.273. The molecule has 1 fully saturated rings. The molecule has 5 rings (SSSR count). The molecule has 10 nitrogen and oxygen atoms in total. The van der Waals surface area contributed by atoms with Crippen LogP contribution in [0.2, 0.25) is 10.0 Å². The summed E-state index contributed by atoms with van der Waals surface area (Å²) in [6, 6.07) is 13.0. The molecule has 16 heteroatoms. The lowest BCUT2D eigenvalue weighted by Crippen LogP contribution is -2.45. The molecule has 0 bridgehead atoms. The van der Waals surface area contributed by atoms with Crippen LogP contribution < -0.4 is 10.7 Å². The lowest BCUT2D eigenvalue weighted by Gasteiger charge is -2.26. The highest BCUT2D eigenvalue weighted by Crippen LogP contribution is 2.37. The normalized spacial score (nSPS) is 13.8. The fourth-order valence-corrected chi connectivity index (χ4v) is 6.50. The van der Waals surface area contributed by atoms with Crippen LogP contribution in [-0.4, -0.2) is 57.7 Å². The second-order valence-electron chi connectivity index (χ2n) is 11.2. The van der Waals surface area contributed by atoms with Gasteiger partial charge in [-0.05, 0) is 67.4 Å². The van der Waals surface area contributed by atoms with Crippen LogP contribution in [0, 0.1) is 22.0 Å². The van der Waals surface area contributed by atoms with E-state index in [4.69, 9.17) is 28.3 Å². The highest BCUT2D eigenvalue weighted by atomic mass is 35.5. The molecular formula is C33H30Cl2F3N7O3S. The highest BCUT2D eigenvalue weighted by Gasteiger charge is 2.30. The molecule has 4 aromatic rings. The second-order valence-corrected chi connectivity index (χ2v) is 13.1. The second kappa shape index (κ2) is 15.3. The number of rotatable bonds is 9. The summed E-state index contributed by atoms with van der Waals surface area (Å²) in [5, 5.41) is 21.7. The molecule has 0 saturated carbocycles. The first-order valence-electron chi connectivity index (χ1n) is 15.0. The molecule has 3 heterocycles. The van der Waals surface area contributed by atoms with Crippen LogP contribution in [0.5, 0.6) is 0 Å². The maximum atomic E-state index is 13.9. The topological polar surface area (TPSA) is 109 Å². The number of aromatic nitrogens is 2. The number of hydrogen-bond donors (Lipinski definition) is 2. The average molecular weight is 733 g/mol. The molecule has 2 aromatic carbocycles. The first kappa shape index (κ1) is 35.7. The number of carbonyl (C=O) groups is 1. The quantitative estimate of drug-likeness (QED) is 0.107. The Morgan fingerprint density at radius 1 is 1.08 bits per heavy atom. The van der Waals surface area contributed by atoms with Crippen molar-refractivity contribution < 1.29 is 22.9 Å². The van der Waals surface area contributed by atoms with Crippen molar-refractivity contribution in [3.63, 3.8) is 0 Å². The molecule has 2 aromatic heterocycles. The number of benzene rings is 2. The number of nitrogens with zero attached hydrogens (tertiary/aromatic N) is 5. The van der Waals surface area contributed by atoms with Crippen molar-refractivity contribution in [2.45, 2.75) is 32.0 Å². The van der Waals surface area contributed by atoms with E-state index in [9.17, 15) is 28.1 Å². The molecule has 1 aliphatic rings. The van der Waals surface area contributed by atoms with Crippen LogP contribution in [0.15, 0.2) is 66.6 Å². The minimum atomic E-state index is -4.45. The highest BCUT2D eigenvalue weighted by molar-refractivity contribution is 7.16. The van der Waals surface area contributed by atoms with Gasteiger partial charge in [-0.25, -0.2) is 9.69 Å². The van der Waals surface area contributed by atoms with Gasteiger partial charge in [0.15, 0.2) is 11.5 Å². The van der Waals surface area contributed by atoms with Gasteiger partial charge in [0.1, 0.15) is 0 Å². The zero-order valence-corrected chi connectivity index (χ0v) is 28.6. The summed E-state index contributed by atoms with van der Waals surface area (Å²) in [5.74, 6) is 5.62. The largest absolute Gasteiger partial charge is 0.416 e. The van der Waals surface area contributed by atoms with Crippen LogP contribution in [0.25, 0.3) is 16.3 Å². The number of alkyl halides is 3. The van der Waals surface area contributed by atoms with Crippen molar-refractivity contribution >= 4 is 40.4 Å². The van der Waals surface area contributed by atoms with E-state index in [1.165, 1.54) is 33.1 Å². The molecule has 1 amide bonds. The van der Waals surface area contributed by atoms with Gasteiger partial charge in [-0.15, -0.1) is 11.3 Å². The van der Waals surface area contributed by atoms with Gasteiger partial charge in [-0.1, -0.05) is 41.5 Å². The maximum absolute atomic E-state index is 13.9. The van der Waals surface area contributed by atoms with Crippen LogP contribution in [0.3, 0.4) is 0 Å². The SMILES string of the molecule is CN(C)C(=C[N+](=O)[O-])NCc1c(C(=O)NN2CCCCC2)nn(-c2ccc(Cl)cc2Cl)c1-c1ccc(C#Cc2ccc(C(F)(F)F)cc2)s1. The van der Waals surface area contributed by atoms with E-state index in [1.54, 1.807) is 44.4 Å². The summed E-state index contributed by atoms with van der Waals surface area (Å²) < 4.78 is 40.6. The van der Waals surface area contributed by atoms with Crippen molar-refractivity contribution in [3.8, 4) is 28.1 Å². The number of carbonyl (C=O) groups excluding carboxylic acids is 1. The molecule has 1 saturated heterocycles. The van der Waals surface area contributed by atoms with Gasteiger partial charge in [0.25, 0.3) is 12.1 Å². The van der Waals surface area contributed by atoms with E-state index < -0.39 is 22.6 Å². The van der Waals surface area contributed by atoms with Crippen molar-refractivity contribution in [1.82, 2.24) is 30.4 Å². The number of thiophene rings is 1. The van der Waals surface area contributed by atoms with E-state index >= 15 is 0 Å². The predicted molar refractivity (Wildman–Crippen MR) is 183 cm³/mol. The third-order valence-electron chi connectivity index (χ3n) is 7.49. The molecule has 0 radical (unpaired) electrons. The van der Waals surface area contributed by atoms with Gasteiger partial charge in [-0.2, -0.15) is 18.3 Å². The molecule has 0 atom stereocenters. The summed E-state index contributed by atoms with van der Waals surface area (Å²) in [7, 11) is 3.29. The van der Waals surface area contributed by atoms with E-state index in [-0.39, 0.29) is 23.1 Å². The maximum Gasteiger partial charge on any atom is 0.416 e. The summed E-state index contributed by atoms with van der Waals surface area (Å²) in [6.45, 7) is 1.32. The van der Waals surface area contributed by atoms with Crippen LogP contribution in [-0.2, 0) is 12.7 Å². The number of halogens is 5. The summed E-state index contributed by atoms with van der Waals surface area (Å²) in [4.78, 5) is 27.4. The van der Waals surface area contributed by atoms with Crippen molar-refractivity contribution in [3.05, 3.63) is 114 Å². The lowest BCUT2D eigenvalue weighted by molar-refractivity contribution is -0.404.